The number of hydrogen-bond donors (Lipinski definition) is 1. The van der Waals surface area contributed by atoms with Gasteiger partial charge in [-0.2, -0.15) is 4.68 Å². The Kier molecular flexibility index (Phi) is 7.73. The van der Waals surface area contributed by atoms with Gasteiger partial charge in [-0.15, -0.1) is 17.5 Å². The molecule has 0 saturated heterocycles. The molecule has 212 valence electrons. The topological polar surface area (TPSA) is 108 Å². The number of fused-ring (bicyclic) bond motifs is 1. The van der Waals surface area contributed by atoms with Crippen LogP contribution < -0.4 is 16.2 Å². The first kappa shape index (κ1) is 28.2. The van der Waals surface area contributed by atoms with Gasteiger partial charge in [-0.05, 0) is 55.2 Å². The number of nitrogens with one attached hydrogen (secondary N) is 1. The van der Waals surface area contributed by atoms with Gasteiger partial charge in [-0.3, -0.25) is 14.1 Å². The smallest absolute Gasteiger partial charge is 0.439 e. The van der Waals surface area contributed by atoms with Crippen molar-refractivity contribution in [3.8, 4) is 34.0 Å². The first-order valence-electron chi connectivity index (χ1n) is 13.6. The highest BCUT2D eigenvalue weighted by Crippen LogP contribution is 2.35. The molecule has 1 N–H and O–H groups in total. The molecule has 0 radical (unpaired) electrons. The number of H-pyrrole nitrogens is 1. The second kappa shape index (κ2) is 11.2. The number of benzene rings is 3. The maximum atomic E-state index is 13.7. The van der Waals surface area contributed by atoms with Crippen LogP contribution in [0.2, 0.25) is 0 Å². The quantitative estimate of drug-likeness (QED) is 0.260. The molecule has 1 aliphatic heterocycles. The summed E-state index contributed by atoms with van der Waals surface area (Å²) >= 11 is 0. The number of aromatic amines is 1. The second-order valence-corrected chi connectivity index (χ2v) is 10.8. The van der Waals surface area contributed by atoms with Gasteiger partial charge >= 0.3 is 11.4 Å². The van der Waals surface area contributed by atoms with Crippen molar-refractivity contribution in [1.82, 2.24) is 24.5 Å². The lowest BCUT2D eigenvalue weighted by molar-refractivity contribution is 0.138. The van der Waals surface area contributed by atoms with Crippen LogP contribution in [-0.4, -0.2) is 30.1 Å². The average Bonchev–Trinajstić information content (AvgIpc) is 3.61. The monoisotopic (exact) mass is 573 g/mol. The van der Waals surface area contributed by atoms with Gasteiger partial charge in [-0.25, -0.2) is 9.59 Å². The fourth-order valence-electron chi connectivity index (χ4n) is 5.27. The maximum Gasteiger partial charge on any atom is 0.439 e. The van der Waals surface area contributed by atoms with Crippen molar-refractivity contribution in [1.29, 1.82) is 0 Å². The number of unbranched alkanes of at least 4 members (excludes halogenated alkanes) is 1. The van der Waals surface area contributed by atoms with E-state index in [4.69, 9.17) is 14.4 Å². The zero-order valence-electron chi connectivity index (χ0n) is 23.2. The number of hydrogen-bond acceptors (Lipinski definition) is 6. The van der Waals surface area contributed by atoms with Gasteiger partial charge < -0.3 is 4.74 Å². The van der Waals surface area contributed by atoms with Crippen LogP contribution in [-0.2, 0) is 19.4 Å². The van der Waals surface area contributed by atoms with Crippen LogP contribution in [0.3, 0.4) is 0 Å². The Hall–Kier alpha value is -4.37. The van der Waals surface area contributed by atoms with Gasteiger partial charge in [0.05, 0.1) is 12.2 Å². The normalized spacial score (nSPS) is 13.4. The lowest BCUT2D eigenvalue weighted by Gasteiger charge is -2.16. The number of aromatic nitrogens is 5. The van der Waals surface area contributed by atoms with Gasteiger partial charge in [0, 0.05) is 24.0 Å². The highest BCUT2D eigenvalue weighted by Gasteiger charge is 2.30. The Morgan fingerprint density at radius 3 is 2.46 bits per heavy atom. The van der Waals surface area contributed by atoms with Crippen molar-refractivity contribution in [2.45, 2.75) is 58.6 Å². The Balaban J connectivity index is 0.00000337. The van der Waals surface area contributed by atoms with E-state index in [0.717, 1.165) is 70.8 Å². The van der Waals surface area contributed by atoms with Crippen molar-refractivity contribution < 1.29 is 9.26 Å². The summed E-state index contributed by atoms with van der Waals surface area (Å²) in [6.45, 7) is 6.68. The summed E-state index contributed by atoms with van der Waals surface area (Å²) in [6.07, 6.45) is 3.47. The molecule has 1 aliphatic rings. The van der Waals surface area contributed by atoms with Crippen molar-refractivity contribution in [3.05, 3.63) is 105 Å². The number of ether oxygens (including phenoxy) is 1. The number of aryl methyl sites for hydroxylation is 1. The molecular formula is C31H32ClN5O4. The highest BCUT2D eigenvalue weighted by molar-refractivity contribution is 5.85. The molecular weight excluding hydrogens is 542 g/mol. The first-order chi connectivity index (χ1) is 19.3. The molecule has 41 heavy (non-hydrogen) atoms. The molecule has 0 fully saturated rings. The minimum absolute atomic E-state index is 0. The van der Waals surface area contributed by atoms with E-state index in [2.05, 4.69) is 30.9 Å². The minimum Gasteiger partial charge on any atom is -0.487 e. The summed E-state index contributed by atoms with van der Waals surface area (Å²) in [5.41, 5.74) is 5.05. The number of halogens is 1. The van der Waals surface area contributed by atoms with E-state index in [1.165, 1.54) is 4.68 Å². The summed E-state index contributed by atoms with van der Waals surface area (Å²) in [7, 11) is 0. The zero-order chi connectivity index (χ0) is 27.9. The van der Waals surface area contributed by atoms with Gasteiger partial charge in [0.1, 0.15) is 17.2 Å². The van der Waals surface area contributed by atoms with Crippen molar-refractivity contribution in [2.75, 3.05) is 0 Å². The zero-order valence-corrected chi connectivity index (χ0v) is 24.0. The Labute approximate surface area is 243 Å². The molecule has 0 saturated carbocycles. The molecule has 0 amide bonds. The molecule has 10 heteroatoms. The first-order valence-corrected chi connectivity index (χ1v) is 13.6. The van der Waals surface area contributed by atoms with E-state index in [-0.39, 0.29) is 23.7 Å². The number of rotatable bonds is 8. The van der Waals surface area contributed by atoms with E-state index in [1.54, 1.807) is 4.57 Å². The molecule has 0 aliphatic carbocycles. The van der Waals surface area contributed by atoms with Crippen LogP contribution in [0.1, 0.15) is 50.6 Å². The molecule has 5 aromatic rings. The van der Waals surface area contributed by atoms with Crippen molar-refractivity contribution >= 4 is 12.4 Å². The van der Waals surface area contributed by atoms with E-state index in [0.29, 0.717) is 12.4 Å². The predicted molar refractivity (Wildman–Crippen MR) is 159 cm³/mol. The third-order valence-electron chi connectivity index (χ3n) is 7.21. The van der Waals surface area contributed by atoms with E-state index in [9.17, 15) is 9.59 Å². The molecule has 6 rings (SSSR count). The lowest BCUT2D eigenvalue weighted by Crippen LogP contribution is -2.25. The summed E-state index contributed by atoms with van der Waals surface area (Å²) in [5, 5.41) is 8.61. The van der Waals surface area contributed by atoms with Crippen LogP contribution in [0.4, 0.5) is 0 Å². The van der Waals surface area contributed by atoms with Crippen LogP contribution >= 0.6 is 12.4 Å². The van der Waals surface area contributed by atoms with E-state index >= 15 is 0 Å². The van der Waals surface area contributed by atoms with E-state index in [1.807, 2.05) is 66.7 Å². The molecule has 2 aromatic heterocycles. The Bertz CT molecular complexity index is 1800. The maximum absolute atomic E-state index is 13.7. The fourth-order valence-corrected chi connectivity index (χ4v) is 5.27. The molecule has 9 nitrogen and oxygen atoms in total. The van der Waals surface area contributed by atoms with E-state index < -0.39 is 5.76 Å². The summed E-state index contributed by atoms with van der Waals surface area (Å²) < 4.78 is 14.0. The summed E-state index contributed by atoms with van der Waals surface area (Å²) in [6, 6.07) is 21.6. The standard InChI is InChI=1S/C31H31N5O4.ClH/c1-4-5-10-27-33-36(23-15-16-26-22(17-23)18-31(2,3)39-26)30(38)35(27)19-20-11-13-21(14-12-20)24-8-6-7-9-25(24)28-32-29(37)40-34-28;/h6-9,11-17H,4-5,10,18-19H2,1-3H3,(H,32,34,37);1H. The molecule has 0 atom stereocenters. The molecule has 0 spiro atoms. The Morgan fingerprint density at radius 1 is 1.00 bits per heavy atom. The molecule has 3 aromatic carbocycles. The second-order valence-electron chi connectivity index (χ2n) is 10.8. The summed E-state index contributed by atoms with van der Waals surface area (Å²) in [4.78, 5) is 27.8. The van der Waals surface area contributed by atoms with Crippen LogP contribution in [0, 0.1) is 0 Å². The van der Waals surface area contributed by atoms with Gasteiger partial charge in [0.2, 0.25) is 0 Å². The minimum atomic E-state index is -0.595. The number of nitrogens with zero attached hydrogens (tertiary/aromatic N) is 4. The summed E-state index contributed by atoms with van der Waals surface area (Å²) in [5.74, 6) is 1.42. The van der Waals surface area contributed by atoms with Crippen molar-refractivity contribution in [2.24, 2.45) is 0 Å². The fraction of sp³-hybridized carbons (Fsp3) is 0.290. The van der Waals surface area contributed by atoms with Crippen LogP contribution in [0.5, 0.6) is 5.75 Å². The molecule has 3 heterocycles. The Morgan fingerprint density at radius 2 is 1.76 bits per heavy atom. The van der Waals surface area contributed by atoms with Gasteiger partial charge in [0.15, 0.2) is 5.82 Å². The predicted octanol–water partition coefficient (Wildman–Crippen LogP) is 5.57. The van der Waals surface area contributed by atoms with Gasteiger partial charge in [0.25, 0.3) is 0 Å². The third-order valence-corrected chi connectivity index (χ3v) is 7.21. The van der Waals surface area contributed by atoms with Crippen LogP contribution in [0.15, 0.2) is 80.8 Å². The van der Waals surface area contributed by atoms with Crippen LogP contribution in [0.25, 0.3) is 28.2 Å². The molecule has 0 unspecified atom stereocenters. The highest BCUT2D eigenvalue weighted by atomic mass is 35.5. The SMILES string of the molecule is CCCCc1nn(-c2ccc3c(c2)CC(C)(C)O3)c(=O)n1Cc1ccc(-c2ccccc2-c2noc(=O)[nH]2)cc1.Cl. The largest absolute Gasteiger partial charge is 0.487 e. The van der Waals surface area contributed by atoms with Gasteiger partial charge in [-0.1, -0.05) is 67.0 Å². The average molecular weight is 574 g/mol. The molecule has 0 bridgehead atoms. The van der Waals surface area contributed by atoms with Crippen molar-refractivity contribution in [3.63, 3.8) is 0 Å². The third kappa shape index (κ3) is 5.63. The lowest BCUT2D eigenvalue weighted by atomic mass is 9.98.